The van der Waals surface area contributed by atoms with E-state index in [9.17, 15) is 8.42 Å². The summed E-state index contributed by atoms with van der Waals surface area (Å²) in [5.74, 6) is 0. The Hall–Kier alpha value is -1.38. The van der Waals surface area contributed by atoms with Crippen LogP contribution in [0.1, 0.15) is 32.3 Å². The molecule has 0 unspecified atom stereocenters. The van der Waals surface area contributed by atoms with Crippen LogP contribution in [0.25, 0.3) is 0 Å². The smallest absolute Gasteiger partial charge is 0.207 e. The molecule has 1 aromatic carbocycles. The van der Waals surface area contributed by atoms with E-state index < -0.39 is 10.0 Å². The van der Waals surface area contributed by atoms with Crippen molar-refractivity contribution in [2.24, 2.45) is 5.41 Å². The van der Waals surface area contributed by atoms with E-state index >= 15 is 0 Å². The van der Waals surface area contributed by atoms with Crippen molar-refractivity contribution in [3.05, 3.63) is 29.8 Å². The molecule has 1 aliphatic heterocycles. The minimum absolute atomic E-state index is 0.122. The van der Waals surface area contributed by atoms with E-state index in [-0.39, 0.29) is 15.9 Å². The maximum Gasteiger partial charge on any atom is 0.244 e. The maximum absolute atomic E-state index is 12.6. The van der Waals surface area contributed by atoms with Gasteiger partial charge in [-0.1, -0.05) is 26.0 Å². The fourth-order valence-corrected chi connectivity index (χ4v) is 3.84. The van der Waals surface area contributed by atoms with Crippen molar-refractivity contribution in [3.8, 4) is 6.07 Å². The van der Waals surface area contributed by atoms with E-state index in [1.165, 1.54) is 10.4 Å². The molecule has 0 spiro atoms. The second kappa shape index (κ2) is 4.95. The van der Waals surface area contributed by atoms with Crippen LogP contribution in [0, 0.1) is 16.7 Å². The van der Waals surface area contributed by atoms with Gasteiger partial charge in [0.25, 0.3) is 0 Å². The minimum atomic E-state index is -3.54. The zero-order chi connectivity index (χ0) is 14.1. The average molecular weight is 278 g/mol. The van der Waals surface area contributed by atoms with E-state index in [1.807, 2.05) is 6.07 Å². The Labute approximate surface area is 114 Å². The molecule has 5 heteroatoms. The highest BCUT2D eigenvalue weighted by atomic mass is 32.2. The number of nitriles is 1. The molecule has 2 rings (SSSR count). The summed E-state index contributed by atoms with van der Waals surface area (Å²) in [4.78, 5) is 0.122. The van der Waals surface area contributed by atoms with Crippen molar-refractivity contribution < 1.29 is 8.42 Å². The van der Waals surface area contributed by atoms with Gasteiger partial charge in [-0.15, -0.1) is 0 Å². The SMILES string of the molecule is CC1(C)CCN(S(=O)(=O)c2ccccc2C#N)CC1. The first-order valence-corrected chi connectivity index (χ1v) is 7.80. The Morgan fingerprint density at radius 3 is 2.37 bits per heavy atom. The Morgan fingerprint density at radius 1 is 1.21 bits per heavy atom. The molecular formula is C14H18N2O2S. The van der Waals surface area contributed by atoms with Gasteiger partial charge in [-0.25, -0.2) is 8.42 Å². The number of sulfonamides is 1. The van der Waals surface area contributed by atoms with Crippen molar-refractivity contribution in [3.63, 3.8) is 0 Å². The van der Waals surface area contributed by atoms with Gasteiger partial charge in [0, 0.05) is 13.1 Å². The molecule has 0 N–H and O–H groups in total. The summed E-state index contributed by atoms with van der Waals surface area (Å²) in [5.41, 5.74) is 0.410. The molecule has 0 saturated carbocycles. The fraction of sp³-hybridized carbons (Fsp3) is 0.500. The lowest BCUT2D eigenvalue weighted by atomic mass is 9.83. The zero-order valence-electron chi connectivity index (χ0n) is 11.3. The van der Waals surface area contributed by atoms with Gasteiger partial charge in [0.2, 0.25) is 10.0 Å². The van der Waals surface area contributed by atoms with Gasteiger partial charge in [0.1, 0.15) is 6.07 Å². The third kappa shape index (κ3) is 2.80. The summed E-state index contributed by atoms with van der Waals surface area (Å²) in [6, 6.07) is 8.33. The van der Waals surface area contributed by atoms with Gasteiger partial charge in [0.05, 0.1) is 10.5 Å². The summed E-state index contributed by atoms with van der Waals surface area (Å²) in [6.45, 7) is 5.35. The topological polar surface area (TPSA) is 61.2 Å². The molecule has 0 aromatic heterocycles. The van der Waals surface area contributed by atoms with Gasteiger partial charge in [-0.05, 0) is 30.4 Å². The molecule has 1 saturated heterocycles. The van der Waals surface area contributed by atoms with Crippen LogP contribution in [0.15, 0.2) is 29.2 Å². The fourth-order valence-electron chi connectivity index (χ4n) is 2.25. The lowest BCUT2D eigenvalue weighted by molar-refractivity contribution is 0.196. The van der Waals surface area contributed by atoms with E-state index in [2.05, 4.69) is 13.8 Å². The van der Waals surface area contributed by atoms with Crippen molar-refractivity contribution >= 4 is 10.0 Å². The van der Waals surface area contributed by atoms with Crippen molar-refractivity contribution in [2.75, 3.05) is 13.1 Å². The minimum Gasteiger partial charge on any atom is -0.207 e. The standard InChI is InChI=1S/C14H18N2O2S/c1-14(2)7-9-16(10-8-14)19(17,18)13-6-4-3-5-12(13)11-15/h3-6H,7-10H2,1-2H3. The summed E-state index contributed by atoms with van der Waals surface area (Å²) in [7, 11) is -3.54. The van der Waals surface area contributed by atoms with Crippen LogP contribution in [-0.4, -0.2) is 25.8 Å². The van der Waals surface area contributed by atoms with Crippen molar-refractivity contribution in [1.29, 1.82) is 5.26 Å². The molecule has 4 nitrogen and oxygen atoms in total. The van der Waals surface area contributed by atoms with Crippen LogP contribution in [0.5, 0.6) is 0 Å². The number of nitrogens with zero attached hydrogens (tertiary/aromatic N) is 2. The second-order valence-electron chi connectivity index (χ2n) is 5.68. The average Bonchev–Trinajstić information content (AvgIpc) is 2.38. The summed E-state index contributed by atoms with van der Waals surface area (Å²) in [5, 5.41) is 9.03. The van der Waals surface area contributed by atoms with Gasteiger partial charge in [0.15, 0.2) is 0 Å². The first-order valence-electron chi connectivity index (χ1n) is 6.36. The highest BCUT2D eigenvalue weighted by molar-refractivity contribution is 7.89. The Kier molecular flexibility index (Phi) is 3.66. The molecule has 102 valence electrons. The van der Waals surface area contributed by atoms with Crippen molar-refractivity contribution in [2.45, 2.75) is 31.6 Å². The van der Waals surface area contributed by atoms with Crippen LogP contribution >= 0.6 is 0 Å². The normalized spacial score (nSPS) is 19.8. The summed E-state index contributed by atoms with van der Waals surface area (Å²) in [6.07, 6.45) is 1.70. The van der Waals surface area contributed by atoms with E-state index in [0.717, 1.165) is 12.8 Å². The molecule has 0 aliphatic carbocycles. The van der Waals surface area contributed by atoms with Crippen LogP contribution in [0.2, 0.25) is 0 Å². The molecule has 19 heavy (non-hydrogen) atoms. The first kappa shape index (κ1) is 14.0. The predicted molar refractivity (Wildman–Crippen MR) is 72.9 cm³/mol. The molecule has 0 radical (unpaired) electrons. The molecular weight excluding hydrogens is 260 g/mol. The Morgan fingerprint density at radius 2 is 1.79 bits per heavy atom. The Bertz CT molecular complexity index is 605. The molecule has 0 amide bonds. The summed E-state index contributed by atoms with van der Waals surface area (Å²) < 4.78 is 26.6. The quantitative estimate of drug-likeness (QED) is 0.834. The van der Waals surface area contributed by atoms with Gasteiger partial charge < -0.3 is 0 Å². The first-order chi connectivity index (χ1) is 8.87. The van der Waals surface area contributed by atoms with Gasteiger partial charge >= 0.3 is 0 Å². The van der Waals surface area contributed by atoms with Crippen LogP contribution in [0.3, 0.4) is 0 Å². The predicted octanol–water partition coefficient (Wildman–Crippen LogP) is 2.37. The molecule has 1 aliphatic rings. The largest absolute Gasteiger partial charge is 0.244 e. The maximum atomic E-state index is 12.6. The Balaban J connectivity index is 2.32. The lowest BCUT2D eigenvalue weighted by Gasteiger charge is -2.36. The van der Waals surface area contributed by atoms with Crippen LogP contribution in [0.4, 0.5) is 0 Å². The molecule has 1 aromatic rings. The number of piperidine rings is 1. The second-order valence-corrected chi connectivity index (χ2v) is 7.58. The number of hydrogen-bond acceptors (Lipinski definition) is 3. The summed E-state index contributed by atoms with van der Waals surface area (Å²) >= 11 is 0. The van der Waals surface area contributed by atoms with Crippen molar-refractivity contribution in [1.82, 2.24) is 4.31 Å². The third-order valence-corrected chi connectivity index (χ3v) is 5.66. The lowest BCUT2D eigenvalue weighted by Crippen LogP contribution is -2.41. The monoisotopic (exact) mass is 278 g/mol. The van der Waals surface area contributed by atoms with Crippen LogP contribution in [-0.2, 0) is 10.0 Å². The van der Waals surface area contributed by atoms with Gasteiger partial charge in [-0.2, -0.15) is 9.57 Å². The molecule has 0 atom stereocenters. The molecule has 1 fully saturated rings. The number of benzene rings is 1. The number of rotatable bonds is 2. The van der Waals surface area contributed by atoms with E-state index in [1.54, 1.807) is 18.2 Å². The van der Waals surface area contributed by atoms with Gasteiger partial charge in [-0.3, -0.25) is 0 Å². The van der Waals surface area contributed by atoms with E-state index in [0.29, 0.717) is 13.1 Å². The third-order valence-electron chi connectivity index (χ3n) is 3.70. The van der Waals surface area contributed by atoms with Crippen LogP contribution < -0.4 is 0 Å². The molecule has 0 bridgehead atoms. The highest BCUT2D eigenvalue weighted by Gasteiger charge is 2.33. The zero-order valence-corrected chi connectivity index (χ0v) is 12.1. The number of hydrogen-bond donors (Lipinski definition) is 0. The molecule has 1 heterocycles. The van der Waals surface area contributed by atoms with E-state index in [4.69, 9.17) is 5.26 Å². The highest BCUT2D eigenvalue weighted by Crippen LogP contribution is 2.32.